The summed E-state index contributed by atoms with van der Waals surface area (Å²) in [6.07, 6.45) is 6.84. The van der Waals surface area contributed by atoms with Crippen LogP contribution in [0.1, 0.15) is 43.6 Å². The van der Waals surface area contributed by atoms with Crippen LogP contribution < -0.4 is 9.47 Å². The highest BCUT2D eigenvalue weighted by molar-refractivity contribution is 5.85. The van der Waals surface area contributed by atoms with E-state index < -0.39 is 0 Å². The standard InChI is InChI=1S/C17H25NO2.ClH/c1-19-16-9-7-13(11-17(16)20-2)14-6-8-15-5-3-4-10-18(15)12-14;/h7,9,11,14-15H,3-6,8,10,12H2,1-2H3;1H. The molecule has 2 atom stereocenters. The molecule has 2 aliphatic heterocycles. The van der Waals surface area contributed by atoms with Crippen LogP contribution >= 0.6 is 12.4 Å². The maximum Gasteiger partial charge on any atom is 0.160 e. The summed E-state index contributed by atoms with van der Waals surface area (Å²) in [5, 5.41) is 0. The van der Waals surface area contributed by atoms with Crippen molar-refractivity contribution in [2.24, 2.45) is 0 Å². The SMILES string of the molecule is COc1ccc(C2CCC3CCCCN3C2)cc1OC.Cl. The molecule has 0 saturated carbocycles. The van der Waals surface area contributed by atoms with Gasteiger partial charge in [0.1, 0.15) is 0 Å². The zero-order valence-electron chi connectivity index (χ0n) is 13.0. The van der Waals surface area contributed by atoms with Gasteiger partial charge in [-0.1, -0.05) is 12.5 Å². The van der Waals surface area contributed by atoms with Crippen molar-refractivity contribution >= 4 is 12.4 Å². The molecule has 2 fully saturated rings. The molecular weight excluding hydrogens is 286 g/mol. The molecule has 0 aromatic heterocycles. The van der Waals surface area contributed by atoms with Gasteiger partial charge in [0.15, 0.2) is 11.5 Å². The Morgan fingerprint density at radius 1 is 1.00 bits per heavy atom. The van der Waals surface area contributed by atoms with Gasteiger partial charge in [0.05, 0.1) is 14.2 Å². The van der Waals surface area contributed by atoms with E-state index in [1.54, 1.807) is 14.2 Å². The average Bonchev–Trinajstić information content (AvgIpc) is 2.53. The van der Waals surface area contributed by atoms with Crippen LogP contribution in [0.5, 0.6) is 11.5 Å². The van der Waals surface area contributed by atoms with E-state index in [1.165, 1.54) is 50.8 Å². The van der Waals surface area contributed by atoms with Crippen molar-refractivity contribution < 1.29 is 9.47 Å². The Bertz CT molecular complexity index is 466. The third-order valence-corrected chi connectivity index (χ3v) is 4.93. The third-order valence-electron chi connectivity index (χ3n) is 4.93. The summed E-state index contributed by atoms with van der Waals surface area (Å²) in [6.45, 7) is 2.49. The van der Waals surface area contributed by atoms with Gasteiger partial charge in [0, 0.05) is 12.6 Å². The smallest absolute Gasteiger partial charge is 0.160 e. The quantitative estimate of drug-likeness (QED) is 0.846. The Balaban J connectivity index is 0.00000161. The molecule has 1 aromatic carbocycles. The molecule has 118 valence electrons. The fourth-order valence-electron chi connectivity index (χ4n) is 3.77. The lowest BCUT2D eigenvalue weighted by molar-refractivity contribution is 0.0958. The average molecular weight is 312 g/mol. The molecule has 2 heterocycles. The fourth-order valence-corrected chi connectivity index (χ4v) is 3.77. The highest BCUT2D eigenvalue weighted by Gasteiger charge is 2.30. The second kappa shape index (κ2) is 7.37. The number of fused-ring (bicyclic) bond motifs is 1. The number of piperidine rings is 2. The van der Waals surface area contributed by atoms with Crippen molar-refractivity contribution in [3.05, 3.63) is 23.8 Å². The normalized spacial score (nSPS) is 25.6. The summed E-state index contributed by atoms with van der Waals surface area (Å²) in [7, 11) is 3.40. The second-order valence-corrected chi connectivity index (χ2v) is 6.03. The van der Waals surface area contributed by atoms with Crippen molar-refractivity contribution in [1.82, 2.24) is 4.90 Å². The van der Waals surface area contributed by atoms with Crippen molar-refractivity contribution in [3.63, 3.8) is 0 Å². The van der Waals surface area contributed by atoms with Gasteiger partial charge in [-0.15, -0.1) is 12.4 Å². The predicted octanol–water partition coefficient (Wildman–Crippen LogP) is 3.86. The number of rotatable bonds is 3. The zero-order valence-corrected chi connectivity index (χ0v) is 13.8. The second-order valence-electron chi connectivity index (χ2n) is 6.03. The molecule has 4 heteroatoms. The van der Waals surface area contributed by atoms with E-state index in [9.17, 15) is 0 Å². The van der Waals surface area contributed by atoms with Crippen LogP contribution in [0.3, 0.4) is 0 Å². The lowest BCUT2D eigenvalue weighted by Gasteiger charge is -2.42. The fraction of sp³-hybridized carbons (Fsp3) is 0.647. The molecule has 3 rings (SSSR count). The van der Waals surface area contributed by atoms with Crippen LogP contribution in [-0.2, 0) is 0 Å². The van der Waals surface area contributed by atoms with Gasteiger partial charge in [-0.25, -0.2) is 0 Å². The maximum atomic E-state index is 5.44. The molecule has 3 nitrogen and oxygen atoms in total. The molecule has 2 unspecified atom stereocenters. The van der Waals surface area contributed by atoms with Crippen molar-refractivity contribution in [2.45, 2.75) is 44.1 Å². The van der Waals surface area contributed by atoms with E-state index in [0.29, 0.717) is 5.92 Å². The Hall–Kier alpha value is -0.930. The first kappa shape index (κ1) is 16.4. The molecule has 2 saturated heterocycles. The Morgan fingerprint density at radius 3 is 2.57 bits per heavy atom. The summed E-state index contributed by atoms with van der Waals surface area (Å²) in [5.41, 5.74) is 1.40. The lowest BCUT2D eigenvalue weighted by Crippen LogP contribution is -2.45. The summed E-state index contributed by atoms with van der Waals surface area (Å²) in [4.78, 5) is 2.70. The van der Waals surface area contributed by atoms with Gasteiger partial charge in [-0.3, -0.25) is 4.90 Å². The van der Waals surface area contributed by atoms with Crippen molar-refractivity contribution in [2.75, 3.05) is 27.3 Å². The van der Waals surface area contributed by atoms with E-state index in [4.69, 9.17) is 9.47 Å². The highest BCUT2D eigenvalue weighted by Crippen LogP contribution is 2.37. The summed E-state index contributed by atoms with van der Waals surface area (Å²) < 4.78 is 10.8. The van der Waals surface area contributed by atoms with Crippen LogP contribution in [0.15, 0.2) is 18.2 Å². The first-order valence-corrected chi connectivity index (χ1v) is 7.78. The molecule has 0 N–H and O–H groups in total. The van der Waals surface area contributed by atoms with Gasteiger partial charge in [-0.2, -0.15) is 0 Å². The van der Waals surface area contributed by atoms with E-state index in [2.05, 4.69) is 17.0 Å². The van der Waals surface area contributed by atoms with Gasteiger partial charge < -0.3 is 9.47 Å². The lowest BCUT2D eigenvalue weighted by atomic mass is 9.84. The minimum atomic E-state index is 0. The highest BCUT2D eigenvalue weighted by atomic mass is 35.5. The van der Waals surface area contributed by atoms with Crippen LogP contribution in [0.2, 0.25) is 0 Å². The molecule has 0 radical (unpaired) electrons. The number of ether oxygens (including phenoxy) is 2. The summed E-state index contributed by atoms with van der Waals surface area (Å²) >= 11 is 0. The molecule has 2 aliphatic rings. The minimum Gasteiger partial charge on any atom is -0.493 e. The van der Waals surface area contributed by atoms with E-state index in [-0.39, 0.29) is 12.4 Å². The van der Waals surface area contributed by atoms with Crippen LogP contribution in [0.25, 0.3) is 0 Å². The molecule has 0 bridgehead atoms. The Kier molecular flexibility index (Phi) is 5.77. The van der Waals surface area contributed by atoms with Crippen molar-refractivity contribution in [3.8, 4) is 11.5 Å². The number of methoxy groups -OCH3 is 2. The molecule has 21 heavy (non-hydrogen) atoms. The summed E-state index contributed by atoms with van der Waals surface area (Å²) in [5.74, 6) is 2.32. The summed E-state index contributed by atoms with van der Waals surface area (Å²) in [6, 6.07) is 7.25. The first-order chi connectivity index (χ1) is 9.81. The topological polar surface area (TPSA) is 21.7 Å². The van der Waals surface area contributed by atoms with E-state index >= 15 is 0 Å². The van der Waals surface area contributed by atoms with Gasteiger partial charge in [-0.05, 0) is 55.8 Å². The largest absolute Gasteiger partial charge is 0.493 e. The number of halogens is 1. The number of hydrogen-bond donors (Lipinski definition) is 0. The predicted molar refractivity (Wildman–Crippen MR) is 88.0 cm³/mol. The Morgan fingerprint density at radius 2 is 1.81 bits per heavy atom. The van der Waals surface area contributed by atoms with E-state index in [1.807, 2.05) is 6.07 Å². The Labute approximate surface area is 134 Å². The third kappa shape index (κ3) is 3.46. The van der Waals surface area contributed by atoms with Crippen molar-refractivity contribution in [1.29, 1.82) is 0 Å². The number of hydrogen-bond acceptors (Lipinski definition) is 3. The monoisotopic (exact) mass is 311 g/mol. The molecule has 1 aromatic rings. The number of nitrogens with zero attached hydrogens (tertiary/aromatic N) is 1. The zero-order chi connectivity index (χ0) is 13.9. The van der Waals surface area contributed by atoms with Gasteiger partial charge in [0.2, 0.25) is 0 Å². The number of benzene rings is 1. The first-order valence-electron chi connectivity index (χ1n) is 7.78. The van der Waals surface area contributed by atoms with Crippen LogP contribution in [0, 0.1) is 0 Å². The maximum absolute atomic E-state index is 5.44. The molecule has 0 spiro atoms. The molecular formula is C17H26ClNO2. The minimum absolute atomic E-state index is 0. The van der Waals surface area contributed by atoms with Crippen LogP contribution in [0.4, 0.5) is 0 Å². The molecule has 0 amide bonds. The van der Waals surface area contributed by atoms with Gasteiger partial charge >= 0.3 is 0 Å². The van der Waals surface area contributed by atoms with E-state index in [0.717, 1.165) is 17.5 Å². The van der Waals surface area contributed by atoms with Crippen LogP contribution in [-0.4, -0.2) is 38.3 Å². The molecule has 0 aliphatic carbocycles. The van der Waals surface area contributed by atoms with Gasteiger partial charge in [0.25, 0.3) is 0 Å².